The monoisotopic (exact) mass is 416 g/mol. The Bertz CT molecular complexity index is 950. The van der Waals surface area contributed by atoms with Gasteiger partial charge in [0.1, 0.15) is 5.82 Å². The van der Waals surface area contributed by atoms with Crippen molar-refractivity contribution in [1.29, 1.82) is 0 Å². The van der Waals surface area contributed by atoms with Crippen molar-refractivity contribution in [3.05, 3.63) is 82.7 Å². The Morgan fingerprint density at radius 2 is 1.80 bits per heavy atom. The third kappa shape index (κ3) is 3.95. The fourth-order valence-corrected chi connectivity index (χ4v) is 4.06. The summed E-state index contributed by atoms with van der Waals surface area (Å²) >= 11 is 0. The fraction of sp³-hybridized carbons (Fsp3) is 0.375. The van der Waals surface area contributed by atoms with Crippen molar-refractivity contribution < 1.29 is 18.0 Å². The lowest BCUT2D eigenvalue weighted by Crippen LogP contribution is -2.58. The van der Waals surface area contributed by atoms with E-state index in [1.807, 2.05) is 38.1 Å². The molecule has 3 nitrogen and oxygen atoms in total. The number of halogens is 3. The van der Waals surface area contributed by atoms with E-state index in [-0.39, 0.29) is 5.91 Å². The number of hydrogen-bond acceptors (Lipinski definition) is 2. The highest BCUT2D eigenvalue weighted by Crippen LogP contribution is 2.43. The second kappa shape index (κ2) is 8.17. The van der Waals surface area contributed by atoms with Crippen LogP contribution in [-0.4, -0.2) is 17.9 Å². The molecule has 1 fully saturated rings. The van der Waals surface area contributed by atoms with Crippen LogP contribution in [0.1, 0.15) is 55.4 Å². The van der Waals surface area contributed by atoms with E-state index in [2.05, 4.69) is 18.3 Å². The number of alkyl halides is 3. The fourth-order valence-electron chi connectivity index (χ4n) is 4.06. The third-order valence-electron chi connectivity index (χ3n) is 5.81. The van der Waals surface area contributed by atoms with Crippen molar-refractivity contribution in [2.24, 2.45) is 0 Å². The Morgan fingerprint density at radius 1 is 1.13 bits per heavy atom. The van der Waals surface area contributed by atoms with E-state index >= 15 is 0 Å². The molecule has 1 heterocycles. The zero-order chi connectivity index (χ0) is 22.1. The van der Waals surface area contributed by atoms with E-state index in [9.17, 15) is 18.0 Å². The molecule has 1 N–H and O–H groups in total. The van der Waals surface area contributed by atoms with Crippen LogP contribution in [0.15, 0.2) is 60.4 Å². The Hall–Kier alpha value is -2.76. The summed E-state index contributed by atoms with van der Waals surface area (Å²) in [4.78, 5) is 15.0. The second-order valence-corrected chi connectivity index (χ2v) is 7.83. The lowest BCUT2D eigenvalue weighted by Gasteiger charge is -2.47. The van der Waals surface area contributed by atoms with Crippen molar-refractivity contribution in [1.82, 2.24) is 10.2 Å². The molecule has 2 aromatic rings. The van der Waals surface area contributed by atoms with Gasteiger partial charge in [-0.1, -0.05) is 50.2 Å². The zero-order valence-electron chi connectivity index (χ0n) is 17.7. The SMILES string of the molecule is CC/C=C1/N[C@](C)(c2cccc(CC)c2)[C@H](c2ccc(C(F)(F)F)cc2)C(=O)N1C. The van der Waals surface area contributed by atoms with Gasteiger partial charge in [0.15, 0.2) is 0 Å². The van der Waals surface area contributed by atoms with E-state index in [4.69, 9.17) is 0 Å². The first-order valence-corrected chi connectivity index (χ1v) is 10.1. The number of likely N-dealkylation sites (N-methyl/N-ethyl adjacent to an activating group) is 1. The van der Waals surface area contributed by atoms with Gasteiger partial charge in [-0.2, -0.15) is 13.2 Å². The molecule has 160 valence electrons. The standard InChI is InChI=1S/C24H27F3N2O/c1-5-8-20-28-23(3,19-10-7-9-16(6-2)15-19)21(22(30)29(20)4)17-11-13-18(14-12-17)24(25,26)27/h7-15,21,28H,5-6H2,1-4H3/b20-8-/t21-,23-/m1/s1. The molecule has 3 rings (SSSR count). The molecule has 1 aliphatic rings. The van der Waals surface area contributed by atoms with Gasteiger partial charge in [0.2, 0.25) is 5.91 Å². The minimum atomic E-state index is -4.42. The highest BCUT2D eigenvalue weighted by Gasteiger charge is 2.48. The maximum absolute atomic E-state index is 13.5. The summed E-state index contributed by atoms with van der Waals surface area (Å²) in [6.07, 6.45) is -0.876. The number of carbonyl (C=O) groups excluding carboxylic acids is 1. The molecule has 2 atom stereocenters. The van der Waals surface area contributed by atoms with Crippen molar-refractivity contribution >= 4 is 5.91 Å². The maximum Gasteiger partial charge on any atom is 0.416 e. The number of amides is 1. The summed E-state index contributed by atoms with van der Waals surface area (Å²) in [5, 5.41) is 3.52. The number of nitrogens with one attached hydrogen (secondary N) is 1. The summed E-state index contributed by atoms with van der Waals surface area (Å²) < 4.78 is 39.1. The smallest absolute Gasteiger partial charge is 0.361 e. The summed E-state index contributed by atoms with van der Waals surface area (Å²) in [6, 6.07) is 12.9. The van der Waals surface area contributed by atoms with Gasteiger partial charge in [0.25, 0.3) is 0 Å². The van der Waals surface area contributed by atoms with Gasteiger partial charge in [0.05, 0.1) is 17.0 Å². The highest BCUT2D eigenvalue weighted by atomic mass is 19.4. The molecule has 1 saturated heterocycles. The highest BCUT2D eigenvalue weighted by molar-refractivity contribution is 5.88. The number of allylic oxidation sites excluding steroid dienone is 1. The minimum Gasteiger partial charge on any atom is -0.361 e. The summed E-state index contributed by atoms with van der Waals surface area (Å²) in [6.45, 7) is 5.99. The normalized spacial score (nSPS) is 23.6. The van der Waals surface area contributed by atoms with Crippen molar-refractivity contribution in [2.75, 3.05) is 7.05 Å². The molecule has 30 heavy (non-hydrogen) atoms. The first-order valence-electron chi connectivity index (χ1n) is 10.1. The van der Waals surface area contributed by atoms with Crippen molar-refractivity contribution in [3.63, 3.8) is 0 Å². The predicted molar refractivity (Wildman–Crippen MR) is 112 cm³/mol. The third-order valence-corrected chi connectivity index (χ3v) is 5.81. The van der Waals surface area contributed by atoms with Gasteiger partial charge >= 0.3 is 6.18 Å². The zero-order valence-corrected chi connectivity index (χ0v) is 17.7. The predicted octanol–water partition coefficient (Wildman–Crippen LogP) is 5.58. The molecule has 1 amide bonds. The summed E-state index contributed by atoms with van der Waals surface area (Å²) in [5.41, 5.74) is 1.07. The average Bonchev–Trinajstić information content (AvgIpc) is 2.72. The first kappa shape index (κ1) is 21.9. The second-order valence-electron chi connectivity index (χ2n) is 7.83. The molecule has 0 radical (unpaired) electrons. The molecule has 0 aliphatic carbocycles. The molecule has 0 bridgehead atoms. The molecule has 1 aliphatic heterocycles. The summed E-state index contributed by atoms with van der Waals surface area (Å²) in [5.74, 6) is -0.126. The van der Waals surface area contributed by atoms with Crippen LogP contribution in [0, 0.1) is 0 Å². The number of carbonyl (C=O) groups is 1. The Morgan fingerprint density at radius 3 is 2.37 bits per heavy atom. The lowest BCUT2D eigenvalue weighted by atomic mass is 9.73. The number of benzene rings is 2. The Kier molecular flexibility index (Phi) is 5.97. The number of rotatable bonds is 4. The number of aryl methyl sites for hydroxylation is 1. The van der Waals surface area contributed by atoms with Crippen molar-refractivity contribution in [3.8, 4) is 0 Å². The van der Waals surface area contributed by atoms with Crippen LogP contribution < -0.4 is 5.32 Å². The Balaban J connectivity index is 2.15. The van der Waals surface area contributed by atoms with E-state index < -0.39 is 23.2 Å². The molecule has 0 saturated carbocycles. The summed E-state index contributed by atoms with van der Waals surface area (Å²) in [7, 11) is 1.69. The van der Waals surface area contributed by atoms with Crippen LogP contribution >= 0.6 is 0 Å². The number of nitrogens with zero attached hydrogens (tertiary/aromatic N) is 1. The topological polar surface area (TPSA) is 32.3 Å². The molecule has 2 aromatic carbocycles. The van der Waals surface area contributed by atoms with E-state index in [1.165, 1.54) is 12.1 Å². The quantitative estimate of drug-likeness (QED) is 0.706. The van der Waals surface area contributed by atoms with Crippen LogP contribution in [0.5, 0.6) is 0 Å². The van der Waals surface area contributed by atoms with Crippen LogP contribution in [0.25, 0.3) is 0 Å². The average molecular weight is 416 g/mol. The minimum absolute atomic E-state index is 0.155. The molecular formula is C24H27F3N2O. The van der Waals surface area contributed by atoms with Gasteiger partial charge in [-0.3, -0.25) is 4.79 Å². The van der Waals surface area contributed by atoms with Gasteiger partial charge in [0, 0.05) is 7.05 Å². The van der Waals surface area contributed by atoms with Crippen LogP contribution in [-0.2, 0) is 22.9 Å². The van der Waals surface area contributed by atoms with E-state index in [0.717, 1.165) is 36.1 Å². The lowest BCUT2D eigenvalue weighted by molar-refractivity contribution is -0.137. The van der Waals surface area contributed by atoms with Gasteiger partial charge in [-0.15, -0.1) is 0 Å². The van der Waals surface area contributed by atoms with Crippen LogP contribution in [0.4, 0.5) is 13.2 Å². The first-order chi connectivity index (χ1) is 14.1. The molecular weight excluding hydrogens is 389 g/mol. The van der Waals surface area contributed by atoms with Crippen LogP contribution in [0.3, 0.4) is 0 Å². The molecule has 6 heteroatoms. The van der Waals surface area contributed by atoms with E-state index in [1.54, 1.807) is 11.9 Å². The van der Waals surface area contributed by atoms with E-state index in [0.29, 0.717) is 11.4 Å². The molecule has 0 aromatic heterocycles. The largest absolute Gasteiger partial charge is 0.416 e. The number of hydrogen-bond donors (Lipinski definition) is 1. The van der Waals surface area contributed by atoms with Crippen LogP contribution in [0.2, 0.25) is 0 Å². The maximum atomic E-state index is 13.5. The molecule has 0 spiro atoms. The van der Waals surface area contributed by atoms with Gasteiger partial charge < -0.3 is 10.2 Å². The Labute approximate surface area is 175 Å². The van der Waals surface area contributed by atoms with Gasteiger partial charge in [-0.05, 0) is 54.7 Å². The van der Waals surface area contributed by atoms with Crippen molar-refractivity contribution in [2.45, 2.75) is 51.2 Å². The molecule has 0 unspecified atom stereocenters. The van der Waals surface area contributed by atoms with Gasteiger partial charge in [-0.25, -0.2) is 0 Å².